The fourth-order valence-electron chi connectivity index (χ4n) is 0.861. The van der Waals surface area contributed by atoms with Gasteiger partial charge in [-0.25, -0.2) is 0 Å². The van der Waals surface area contributed by atoms with Gasteiger partial charge < -0.3 is 0 Å². The minimum atomic E-state index is -5.16. The Kier molecular flexibility index (Phi) is 4.11. The molecular weight excluding hydrogens is 265 g/mol. The van der Waals surface area contributed by atoms with E-state index >= 15 is 0 Å². The average Bonchev–Trinajstić information content (AvgIpc) is 2.15. The molecule has 0 aromatic heterocycles. The van der Waals surface area contributed by atoms with Gasteiger partial charge in [-0.1, -0.05) is 0 Å². The second-order valence-electron chi connectivity index (χ2n) is 2.68. The summed E-state index contributed by atoms with van der Waals surface area (Å²) in [7, 11) is 0. The van der Waals surface area contributed by atoms with E-state index in [2.05, 4.69) is 9.04 Å². The zero-order valence-electron chi connectivity index (χ0n) is 7.66. The van der Waals surface area contributed by atoms with Crippen LogP contribution in [0.15, 0.2) is 30.3 Å². The molecule has 0 fully saturated rings. The van der Waals surface area contributed by atoms with Gasteiger partial charge >= 0.3 is 88.8 Å². The van der Waals surface area contributed by atoms with Crippen molar-refractivity contribution >= 4 is 26.1 Å². The SMILES string of the molecule is O=C(CO[As](=O)(O)O)Nc1ccccc1. The maximum absolute atomic E-state index is 11.1. The molecule has 1 aromatic rings. The monoisotopic (exact) mass is 275 g/mol. The number of carbonyl (C=O) groups excluding carboxylic acids is 1. The molecule has 6 nitrogen and oxygen atoms in total. The molecule has 0 bridgehead atoms. The van der Waals surface area contributed by atoms with Crippen molar-refractivity contribution in [3.63, 3.8) is 0 Å². The van der Waals surface area contributed by atoms with Crippen LogP contribution in [-0.2, 0) is 12.3 Å². The van der Waals surface area contributed by atoms with Gasteiger partial charge in [-0.15, -0.1) is 0 Å². The Labute approximate surface area is 89.2 Å². The normalized spacial score (nSPS) is 11.1. The van der Waals surface area contributed by atoms with Gasteiger partial charge in [0.25, 0.3) is 0 Å². The van der Waals surface area contributed by atoms with E-state index in [9.17, 15) is 8.53 Å². The molecular formula is C8H10AsNO5. The molecule has 0 radical (unpaired) electrons. The molecule has 0 heterocycles. The maximum atomic E-state index is 11.1. The fourth-order valence-corrected chi connectivity index (χ4v) is 1.46. The van der Waals surface area contributed by atoms with Crippen molar-refractivity contribution in [3.8, 4) is 0 Å². The molecule has 82 valence electrons. The second-order valence-corrected chi connectivity index (χ2v) is 5.28. The second kappa shape index (κ2) is 5.13. The first-order valence-corrected chi connectivity index (χ1v) is 7.23. The van der Waals surface area contributed by atoms with Crippen molar-refractivity contribution in [2.75, 3.05) is 11.9 Å². The molecule has 1 rings (SSSR count). The van der Waals surface area contributed by atoms with Gasteiger partial charge in [-0.3, -0.25) is 0 Å². The molecule has 7 heteroatoms. The Morgan fingerprint density at radius 2 is 1.93 bits per heavy atom. The van der Waals surface area contributed by atoms with Crippen LogP contribution in [0, 0.1) is 0 Å². The number of nitrogens with one attached hydrogen (secondary N) is 1. The summed E-state index contributed by atoms with van der Waals surface area (Å²) >= 11 is -5.16. The number of benzene rings is 1. The van der Waals surface area contributed by atoms with E-state index in [-0.39, 0.29) is 0 Å². The fraction of sp³-hybridized carbons (Fsp3) is 0.125. The van der Waals surface area contributed by atoms with Crippen LogP contribution < -0.4 is 5.32 Å². The Hall–Kier alpha value is -1.07. The van der Waals surface area contributed by atoms with Crippen LogP contribution in [0.4, 0.5) is 5.69 Å². The third-order valence-electron chi connectivity index (χ3n) is 1.42. The topological polar surface area (TPSA) is 95.9 Å². The number of rotatable bonds is 4. The summed E-state index contributed by atoms with van der Waals surface area (Å²) in [5.41, 5.74) is 0.545. The van der Waals surface area contributed by atoms with Crippen molar-refractivity contribution < 1.29 is 20.5 Å². The summed E-state index contributed by atoms with van der Waals surface area (Å²) < 4.78 is 31.2. The number of amides is 1. The summed E-state index contributed by atoms with van der Waals surface area (Å²) in [5, 5.41) is 2.42. The van der Waals surface area contributed by atoms with E-state index in [0.717, 1.165) is 0 Å². The van der Waals surface area contributed by atoms with Crippen molar-refractivity contribution in [1.82, 2.24) is 0 Å². The Balaban J connectivity index is 2.41. The third kappa shape index (κ3) is 5.39. The van der Waals surface area contributed by atoms with Crippen LogP contribution in [0.2, 0.25) is 0 Å². The van der Waals surface area contributed by atoms with Crippen LogP contribution in [0.1, 0.15) is 0 Å². The van der Waals surface area contributed by atoms with Crippen molar-refractivity contribution in [2.45, 2.75) is 0 Å². The molecule has 3 N–H and O–H groups in total. The zero-order valence-corrected chi connectivity index (χ0v) is 9.54. The van der Waals surface area contributed by atoms with Gasteiger partial charge in [-0.2, -0.15) is 0 Å². The average molecular weight is 275 g/mol. The first kappa shape index (κ1) is 12.0. The van der Waals surface area contributed by atoms with Gasteiger partial charge in [0.1, 0.15) is 0 Å². The Bertz CT molecular complexity index is 374. The summed E-state index contributed by atoms with van der Waals surface area (Å²) in [6.07, 6.45) is 0. The standard InChI is InChI=1S/C8H10AsNO5/c11-8(6-15-9(12,13)14)10-7-4-2-1-3-5-7/h1-5H,6H2,(H,10,11)(H2,12,13,14). The molecule has 0 aliphatic rings. The quantitative estimate of drug-likeness (QED) is 0.643. The molecule has 0 aliphatic carbocycles. The number of carbonyl (C=O) groups is 1. The van der Waals surface area contributed by atoms with E-state index in [0.29, 0.717) is 5.69 Å². The minimum absolute atomic E-state index is 0.545. The summed E-state index contributed by atoms with van der Waals surface area (Å²) in [4.78, 5) is 11.1. The molecule has 0 aliphatic heterocycles. The Morgan fingerprint density at radius 3 is 2.47 bits per heavy atom. The van der Waals surface area contributed by atoms with E-state index in [1.807, 2.05) is 0 Å². The van der Waals surface area contributed by atoms with Crippen LogP contribution in [0.3, 0.4) is 0 Å². The van der Waals surface area contributed by atoms with Crippen LogP contribution in [0.25, 0.3) is 0 Å². The number of hydrogen-bond acceptors (Lipinski definition) is 3. The van der Waals surface area contributed by atoms with Crippen LogP contribution in [-0.4, -0.2) is 35.2 Å². The van der Waals surface area contributed by atoms with Crippen LogP contribution >= 0.6 is 0 Å². The van der Waals surface area contributed by atoms with Gasteiger partial charge in [-0.05, 0) is 0 Å². The van der Waals surface area contributed by atoms with Gasteiger partial charge in [0, 0.05) is 0 Å². The number of hydrogen-bond donors (Lipinski definition) is 3. The van der Waals surface area contributed by atoms with Gasteiger partial charge in [0.2, 0.25) is 0 Å². The predicted molar refractivity (Wildman–Crippen MR) is 51.9 cm³/mol. The number of anilines is 1. The van der Waals surface area contributed by atoms with E-state index in [1.165, 1.54) is 0 Å². The predicted octanol–water partition coefficient (Wildman–Crippen LogP) is -0.508. The third-order valence-corrected chi connectivity index (χ3v) is 2.40. The van der Waals surface area contributed by atoms with Crippen LogP contribution in [0.5, 0.6) is 0 Å². The van der Waals surface area contributed by atoms with Gasteiger partial charge in [0.15, 0.2) is 0 Å². The molecule has 0 saturated carbocycles. The zero-order chi connectivity index (χ0) is 11.3. The Morgan fingerprint density at radius 1 is 1.33 bits per heavy atom. The summed E-state index contributed by atoms with van der Waals surface area (Å²) in [6, 6.07) is 8.54. The van der Waals surface area contributed by atoms with Crippen molar-refractivity contribution in [3.05, 3.63) is 30.3 Å². The first-order valence-electron chi connectivity index (χ1n) is 4.02. The summed E-state index contributed by atoms with van der Waals surface area (Å²) in [5.74, 6) is -0.606. The van der Waals surface area contributed by atoms with Crippen molar-refractivity contribution in [1.29, 1.82) is 0 Å². The molecule has 1 amide bonds. The molecule has 15 heavy (non-hydrogen) atoms. The van der Waals surface area contributed by atoms with E-state index in [1.54, 1.807) is 30.3 Å². The van der Waals surface area contributed by atoms with E-state index in [4.69, 9.17) is 8.19 Å². The number of para-hydroxylation sites is 1. The molecule has 0 spiro atoms. The summed E-state index contributed by atoms with van der Waals surface area (Å²) in [6.45, 7) is -0.654. The molecule has 0 atom stereocenters. The van der Waals surface area contributed by atoms with E-state index < -0.39 is 27.0 Å². The molecule has 1 aromatic carbocycles. The first-order chi connectivity index (χ1) is 6.97. The molecule has 0 saturated heterocycles. The van der Waals surface area contributed by atoms with Crippen molar-refractivity contribution in [2.24, 2.45) is 0 Å². The van der Waals surface area contributed by atoms with Gasteiger partial charge in [0.05, 0.1) is 0 Å². The molecule has 0 unspecified atom stereocenters.